The number of rotatable bonds is 4. The Morgan fingerprint density at radius 1 is 1.42 bits per heavy atom. The summed E-state index contributed by atoms with van der Waals surface area (Å²) in [6.45, 7) is 10.4. The molecule has 0 bridgehead atoms. The van der Waals surface area contributed by atoms with E-state index in [1.807, 2.05) is 0 Å². The molecule has 0 unspecified atom stereocenters. The Hall–Kier alpha value is 0.986. The molecule has 1 atom stereocenters. The molecule has 0 aliphatic heterocycles. The van der Waals surface area contributed by atoms with E-state index in [1.165, 1.54) is 18.4 Å². The van der Waals surface area contributed by atoms with Crippen LogP contribution in [0.4, 0.5) is 0 Å². The van der Waals surface area contributed by atoms with Crippen molar-refractivity contribution in [2.45, 2.75) is 40.0 Å². The maximum absolute atomic E-state index is 3.86. The summed E-state index contributed by atoms with van der Waals surface area (Å²) in [6, 6.07) is 0. The fraction of sp³-hybridized carbons (Fsp3) is 0.700. The molecule has 0 aromatic rings. The molecule has 12 heavy (non-hydrogen) atoms. The minimum Gasteiger partial charge on any atom is -1.00 e. The zero-order chi connectivity index (χ0) is 7.98. The quantitative estimate of drug-likeness (QED) is 0.376. The van der Waals surface area contributed by atoms with E-state index in [2.05, 4.69) is 33.8 Å². The van der Waals surface area contributed by atoms with Gasteiger partial charge >= 0.3 is 23.1 Å². The van der Waals surface area contributed by atoms with Crippen molar-refractivity contribution in [3.63, 3.8) is 0 Å². The SMILES string of the molecule is [Br-].[CH2-]C[C@H](C)CCC=C(C)C.[Mg+2]. The van der Waals surface area contributed by atoms with E-state index >= 15 is 0 Å². The van der Waals surface area contributed by atoms with Crippen LogP contribution < -0.4 is 17.0 Å². The van der Waals surface area contributed by atoms with Crippen molar-refractivity contribution in [2.75, 3.05) is 0 Å². The predicted molar refractivity (Wildman–Crippen MR) is 53.6 cm³/mol. The Morgan fingerprint density at radius 2 is 1.92 bits per heavy atom. The second-order valence-electron chi connectivity index (χ2n) is 3.25. The molecule has 0 fully saturated rings. The standard InChI is InChI=1S/C10H19.BrH.Mg/c1-5-10(4)8-6-7-9(2)3;;/h7,10H,1,5-6,8H2,2-4H3;1H;/q-1;;+2/p-1/t10-;;/m0../s1. The van der Waals surface area contributed by atoms with Crippen LogP contribution in [-0.4, -0.2) is 23.1 Å². The van der Waals surface area contributed by atoms with Crippen LogP contribution in [0, 0.1) is 12.8 Å². The van der Waals surface area contributed by atoms with Crippen molar-refractivity contribution in [1.82, 2.24) is 0 Å². The molecule has 0 spiro atoms. The Bertz CT molecular complexity index is 106. The predicted octanol–water partition coefficient (Wildman–Crippen LogP) is 0.216. The van der Waals surface area contributed by atoms with Crippen LogP contribution in [-0.2, 0) is 0 Å². The zero-order valence-corrected chi connectivity index (χ0v) is 11.6. The Kier molecular flexibility index (Phi) is 18.7. The molecular formula is C10H19BrMg. The average molecular weight is 243 g/mol. The van der Waals surface area contributed by atoms with Gasteiger partial charge in [-0.15, -0.1) is 0 Å². The molecule has 0 aliphatic rings. The molecule has 0 saturated carbocycles. The molecular weight excluding hydrogens is 224 g/mol. The topological polar surface area (TPSA) is 0 Å². The molecule has 0 rings (SSSR count). The van der Waals surface area contributed by atoms with Crippen molar-refractivity contribution in [3.05, 3.63) is 18.6 Å². The van der Waals surface area contributed by atoms with E-state index in [0.29, 0.717) is 0 Å². The number of hydrogen-bond donors (Lipinski definition) is 0. The summed E-state index contributed by atoms with van der Waals surface area (Å²) in [5, 5.41) is 0. The van der Waals surface area contributed by atoms with Gasteiger partial charge in [-0.3, -0.25) is 0 Å². The fourth-order valence-electron chi connectivity index (χ4n) is 0.801. The first-order chi connectivity index (χ1) is 4.66. The second kappa shape index (κ2) is 12.0. The summed E-state index contributed by atoms with van der Waals surface area (Å²) >= 11 is 0. The molecule has 0 saturated heterocycles. The maximum Gasteiger partial charge on any atom is 2.00 e. The van der Waals surface area contributed by atoms with Crippen molar-refractivity contribution in [1.29, 1.82) is 0 Å². The van der Waals surface area contributed by atoms with Crippen LogP contribution in [0.2, 0.25) is 0 Å². The van der Waals surface area contributed by atoms with Gasteiger partial charge in [0.05, 0.1) is 0 Å². The number of hydrogen-bond acceptors (Lipinski definition) is 0. The Balaban J connectivity index is -0.000000405. The summed E-state index contributed by atoms with van der Waals surface area (Å²) in [4.78, 5) is 0. The molecule has 0 amide bonds. The van der Waals surface area contributed by atoms with E-state index in [0.717, 1.165) is 12.3 Å². The van der Waals surface area contributed by atoms with Gasteiger partial charge < -0.3 is 23.9 Å². The van der Waals surface area contributed by atoms with Crippen molar-refractivity contribution in [3.8, 4) is 0 Å². The van der Waals surface area contributed by atoms with Gasteiger partial charge in [-0.25, -0.2) is 0 Å². The van der Waals surface area contributed by atoms with Crippen molar-refractivity contribution >= 4 is 23.1 Å². The van der Waals surface area contributed by atoms with Gasteiger partial charge in [0.1, 0.15) is 0 Å². The summed E-state index contributed by atoms with van der Waals surface area (Å²) in [5.41, 5.74) is 1.43. The zero-order valence-electron chi connectivity index (χ0n) is 8.57. The molecule has 68 valence electrons. The first kappa shape index (κ1) is 18.7. The summed E-state index contributed by atoms with van der Waals surface area (Å²) in [6.07, 6.45) is 5.87. The summed E-state index contributed by atoms with van der Waals surface area (Å²) in [7, 11) is 0. The molecule has 0 radical (unpaired) electrons. The van der Waals surface area contributed by atoms with Gasteiger partial charge in [0, 0.05) is 0 Å². The minimum atomic E-state index is 0. The fourth-order valence-corrected chi connectivity index (χ4v) is 0.801. The van der Waals surface area contributed by atoms with Gasteiger partial charge in [0.15, 0.2) is 0 Å². The van der Waals surface area contributed by atoms with Gasteiger partial charge in [0.25, 0.3) is 0 Å². The van der Waals surface area contributed by atoms with Gasteiger partial charge in [-0.2, -0.15) is 6.42 Å². The number of halogens is 1. The molecule has 0 heterocycles. The first-order valence-corrected chi connectivity index (χ1v) is 4.09. The third-order valence-corrected chi connectivity index (χ3v) is 1.70. The van der Waals surface area contributed by atoms with Crippen molar-refractivity contribution in [2.24, 2.45) is 5.92 Å². The third kappa shape index (κ3) is 13.6. The summed E-state index contributed by atoms with van der Waals surface area (Å²) < 4.78 is 0. The third-order valence-electron chi connectivity index (χ3n) is 1.70. The first-order valence-electron chi connectivity index (χ1n) is 4.09. The van der Waals surface area contributed by atoms with E-state index in [4.69, 9.17) is 0 Å². The van der Waals surface area contributed by atoms with E-state index in [1.54, 1.807) is 0 Å². The normalized spacial score (nSPS) is 10.7. The summed E-state index contributed by atoms with van der Waals surface area (Å²) in [5.74, 6) is 0.788. The molecule has 0 aromatic heterocycles. The van der Waals surface area contributed by atoms with Crippen LogP contribution in [0.3, 0.4) is 0 Å². The molecule has 0 N–H and O–H groups in total. The van der Waals surface area contributed by atoms with Crippen molar-refractivity contribution < 1.29 is 17.0 Å². The van der Waals surface area contributed by atoms with Crippen LogP contribution in [0.25, 0.3) is 0 Å². The van der Waals surface area contributed by atoms with Crippen LogP contribution in [0.1, 0.15) is 40.0 Å². The van der Waals surface area contributed by atoms with E-state index in [-0.39, 0.29) is 40.0 Å². The second-order valence-corrected chi connectivity index (χ2v) is 3.25. The monoisotopic (exact) mass is 242 g/mol. The van der Waals surface area contributed by atoms with Gasteiger partial charge in [-0.1, -0.05) is 24.5 Å². The van der Waals surface area contributed by atoms with Gasteiger partial charge in [-0.05, 0) is 26.7 Å². The van der Waals surface area contributed by atoms with E-state index in [9.17, 15) is 0 Å². The molecule has 0 aliphatic carbocycles. The Labute approximate surface area is 104 Å². The molecule has 0 nitrogen and oxygen atoms in total. The minimum absolute atomic E-state index is 0. The smallest absolute Gasteiger partial charge is 1.00 e. The van der Waals surface area contributed by atoms with Gasteiger partial charge in [0.2, 0.25) is 0 Å². The maximum atomic E-state index is 3.86. The molecule has 2 heteroatoms. The van der Waals surface area contributed by atoms with Crippen LogP contribution >= 0.6 is 0 Å². The number of allylic oxidation sites excluding steroid dienone is 2. The van der Waals surface area contributed by atoms with Crippen LogP contribution in [0.15, 0.2) is 11.6 Å². The largest absolute Gasteiger partial charge is 2.00 e. The van der Waals surface area contributed by atoms with Crippen LogP contribution in [0.5, 0.6) is 0 Å². The van der Waals surface area contributed by atoms with E-state index < -0.39 is 0 Å². The average Bonchev–Trinajstić information content (AvgIpc) is 1.87. The Morgan fingerprint density at radius 3 is 2.25 bits per heavy atom. The molecule has 0 aromatic carbocycles.